The lowest BCUT2D eigenvalue weighted by molar-refractivity contribution is 0.770. The van der Waals surface area contributed by atoms with Crippen molar-refractivity contribution in [3.8, 4) is 33.4 Å². The summed E-state index contributed by atoms with van der Waals surface area (Å²) in [5, 5.41) is 10.4. The summed E-state index contributed by atoms with van der Waals surface area (Å²) >= 11 is 0. The molecule has 0 aromatic heterocycles. The van der Waals surface area contributed by atoms with Crippen molar-refractivity contribution in [3.63, 3.8) is 0 Å². The van der Waals surface area contributed by atoms with Gasteiger partial charge < -0.3 is 0 Å². The Bertz CT molecular complexity index is 2900. The zero-order valence-electron chi connectivity index (χ0n) is 28.0. The van der Waals surface area contributed by atoms with Crippen LogP contribution in [0.25, 0.3) is 76.5 Å². The smallest absolute Gasteiger partial charge is 0.0622 e. The van der Waals surface area contributed by atoms with Gasteiger partial charge in [0.05, 0.1) is 5.41 Å². The SMILES string of the molecule is c1ccc(-c2ccc3ccc4c(-c5ccc6c(c5)C(c5ccccc5)(c5ccccc5)c5cc7ccccc7cc5-6)ccc5ccc2c3c54)cc1. The molecule has 0 heteroatoms. The van der Waals surface area contributed by atoms with Crippen molar-refractivity contribution in [2.45, 2.75) is 5.41 Å². The Morgan fingerprint density at radius 1 is 0.275 bits per heavy atom. The molecule has 0 aliphatic heterocycles. The number of hydrogen-bond acceptors (Lipinski definition) is 0. The highest BCUT2D eigenvalue weighted by Gasteiger charge is 2.46. The maximum Gasteiger partial charge on any atom is 0.0714 e. The van der Waals surface area contributed by atoms with Crippen molar-refractivity contribution in [1.82, 2.24) is 0 Å². The molecule has 0 nitrogen and oxygen atoms in total. The minimum absolute atomic E-state index is 0.471. The Hall–Kier alpha value is -6.50. The van der Waals surface area contributed by atoms with E-state index in [0.29, 0.717) is 0 Å². The van der Waals surface area contributed by atoms with Crippen LogP contribution >= 0.6 is 0 Å². The topological polar surface area (TPSA) is 0 Å². The standard InChI is InChI=1S/C51H32/c1-4-12-33(13-5-1)41-25-20-34-23-29-45-42(26-21-35-22-28-44(41)49(34)50(35)45)38-24-27-43-46-30-36-14-10-11-15-37(36)31-48(46)51(47(43)32-38,39-16-6-2-7-17-39)40-18-8-3-9-19-40/h1-32H. The minimum Gasteiger partial charge on any atom is -0.0622 e. The predicted molar refractivity (Wildman–Crippen MR) is 216 cm³/mol. The zero-order chi connectivity index (χ0) is 33.5. The van der Waals surface area contributed by atoms with E-state index in [0.717, 1.165) is 0 Å². The third-order valence-electron chi connectivity index (χ3n) is 11.5. The molecule has 51 heavy (non-hydrogen) atoms. The molecule has 1 aliphatic carbocycles. The molecule has 10 aromatic rings. The molecule has 0 fully saturated rings. The normalized spacial score (nSPS) is 13.3. The van der Waals surface area contributed by atoms with E-state index in [9.17, 15) is 0 Å². The number of benzene rings is 10. The second kappa shape index (κ2) is 10.7. The molecule has 236 valence electrons. The lowest BCUT2D eigenvalue weighted by Crippen LogP contribution is -2.28. The quantitative estimate of drug-likeness (QED) is 0.167. The van der Waals surface area contributed by atoms with E-state index >= 15 is 0 Å². The van der Waals surface area contributed by atoms with E-state index in [-0.39, 0.29) is 0 Å². The fourth-order valence-electron chi connectivity index (χ4n) is 9.26. The summed E-state index contributed by atoms with van der Waals surface area (Å²) in [6, 6.07) is 72.5. The molecule has 0 radical (unpaired) electrons. The van der Waals surface area contributed by atoms with E-state index in [1.807, 2.05) is 0 Å². The Balaban J connectivity index is 1.21. The molecule has 0 heterocycles. The van der Waals surface area contributed by atoms with Gasteiger partial charge in [-0.2, -0.15) is 0 Å². The van der Waals surface area contributed by atoms with Crippen LogP contribution in [0.1, 0.15) is 22.3 Å². The first-order valence-corrected chi connectivity index (χ1v) is 17.8. The van der Waals surface area contributed by atoms with Crippen LogP contribution in [0.4, 0.5) is 0 Å². The van der Waals surface area contributed by atoms with Gasteiger partial charge in [-0.25, -0.2) is 0 Å². The molecule has 0 saturated heterocycles. The van der Waals surface area contributed by atoms with Crippen LogP contribution in [0, 0.1) is 0 Å². The maximum absolute atomic E-state index is 2.50. The Morgan fingerprint density at radius 3 is 1.35 bits per heavy atom. The van der Waals surface area contributed by atoms with Gasteiger partial charge in [0.15, 0.2) is 0 Å². The summed E-state index contributed by atoms with van der Waals surface area (Å²) < 4.78 is 0. The predicted octanol–water partition coefficient (Wildman–Crippen LogP) is 13.4. The molecule has 0 amide bonds. The Morgan fingerprint density at radius 2 is 0.745 bits per heavy atom. The maximum atomic E-state index is 2.50. The minimum atomic E-state index is -0.471. The van der Waals surface area contributed by atoms with Crippen molar-refractivity contribution in [3.05, 3.63) is 216 Å². The van der Waals surface area contributed by atoms with Crippen molar-refractivity contribution in [2.24, 2.45) is 0 Å². The van der Waals surface area contributed by atoms with E-state index in [2.05, 4.69) is 194 Å². The van der Waals surface area contributed by atoms with Gasteiger partial charge in [-0.15, -0.1) is 0 Å². The molecule has 0 atom stereocenters. The fraction of sp³-hybridized carbons (Fsp3) is 0.0196. The lowest BCUT2D eigenvalue weighted by Gasteiger charge is -2.34. The highest BCUT2D eigenvalue weighted by Crippen LogP contribution is 2.58. The average Bonchev–Trinajstić information content (AvgIpc) is 3.49. The Labute approximate surface area is 297 Å². The van der Waals surface area contributed by atoms with Gasteiger partial charge in [-0.1, -0.05) is 176 Å². The largest absolute Gasteiger partial charge is 0.0714 e. The second-order valence-corrected chi connectivity index (χ2v) is 14.0. The van der Waals surface area contributed by atoms with E-state index in [4.69, 9.17) is 0 Å². The first-order chi connectivity index (χ1) is 25.3. The molecule has 0 unspecified atom stereocenters. The first kappa shape index (κ1) is 28.3. The van der Waals surface area contributed by atoms with Crippen molar-refractivity contribution in [2.75, 3.05) is 0 Å². The summed E-state index contributed by atoms with van der Waals surface area (Å²) in [6.07, 6.45) is 0. The zero-order valence-corrected chi connectivity index (χ0v) is 28.0. The molecule has 11 rings (SSSR count). The number of rotatable bonds is 4. The van der Waals surface area contributed by atoms with Crippen LogP contribution in [0.5, 0.6) is 0 Å². The van der Waals surface area contributed by atoms with E-state index in [1.165, 1.54) is 98.7 Å². The highest BCUT2D eigenvalue weighted by atomic mass is 14.5. The van der Waals surface area contributed by atoms with Crippen LogP contribution in [-0.2, 0) is 5.41 Å². The second-order valence-electron chi connectivity index (χ2n) is 14.0. The van der Waals surface area contributed by atoms with Crippen LogP contribution in [0.2, 0.25) is 0 Å². The van der Waals surface area contributed by atoms with Gasteiger partial charge >= 0.3 is 0 Å². The van der Waals surface area contributed by atoms with Gasteiger partial charge in [-0.3, -0.25) is 0 Å². The van der Waals surface area contributed by atoms with E-state index in [1.54, 1.807) is 0 Å². The molecule has 0 bridgehead atoms. The average molecular weight is 645 g/mol. The molecule has 0 N–H and O–H groups in total. The van der Waals surface area contributed by atoms with Crippen LogP contribution < -0.4 is 0 Å². The summed E-state index contributed by atoms with van der Waals surface area (Å²) in [7, 11) is 0. The Kier molecular flexibility index (Phi) is 5.97. The van der Waals surface area contributed by atoms with Crippen molar-refractivity contribution >= 4 is 43.1 Å². The molecule has 0 spiro atoms. The number of fused-ring (bicyclic) bond motifs is 4. The lowest BCUT2D eigenvalue weighted by atomic mass is 9.67. The summed E-state index contributed by atoms with van der Waals surface area (Å²) in [6.45, 7) is 0. The van der Waals surface area contributed by atoms with Crippen molar-refractivity contribution in [1.29, 1.82) is 0 Å². The van der Waals surface area contributed by atoms with Crippen LogP contribution in [-0.4, -0.2) is 0 Å². The van der Waals surface area contributed by atoms with Gasteiger partial charge in [-0.05, 0) is 117 Å². The van der Waals surface area contributed by atoms with E-state index < -0.39 is 5.41 Å². The van der Waals surface area contributed by atoms with Gasteiger partial charge in [0.2, 0.25) is 0 Å². The monoisotopic (exact) mass is 644 g/mol. The van der Waals surface area contributed by atoms with Gasteiger partial charge in [0.25, 0.3) is 0 Å². The molecule has 10 aromatic carbocycles. The van der Waals surface area contributed by atoms with Crippen molar-refractivity contribution < 1.29 is 0 Å². The third-order valence-corrected chi connectivity index (χ3v) is 11.5. The molecule has 1 aliphatic rings. The summed E-state index contributed by atoms with van der Waals surface area (Å²) in [5.41, 5.74) is 12.4. The fourth-order valence-corrected chi connectivity index (χ4v) is 9.26. The summed E-state index contributed by atoms with van der Waals surface area (Å²) in [4.78, 5) is 0. The molecular formula is C51H32. The third kappa shape index (κ3) is 3.96. The van der Waals surface area contributed by atoms with Crippen LogP contribution in [0.3, 0.4) is 0 Å². The highest BCUT2D eigenvalue weighted by molar-refractivity contribution is 6.27. The van der Waals surface area contributed by atoms with Gasteiger partial charge in [0.1, 0.15) is 0 Å². The van der Waals surface area contributed by atoms with Crippen LogP contribution in [0.15, 0.2) is 194 Å². The summed E-state index contributed by atoms with van der Waals surface area (Å²) in [5.74, 6) is 0. The molecular weight excluding hydrogens is 613 g/mol. The van der Waals surface area contributed by atoms with Gasteiger partial charge in [0, 0.05) is 0 Å². The molecule has 0 saturated carbocycles. The first-order valence-electron chi connectivity index (χ1n) is 17.8. The number of hydrogen-bond donors (Lipinski definition) is 0.